The van der Waals surface area contributed by atoms with Gasteiger partial charge in [0, 0.05) is 10.0 Å². The third-order valence-electron chi connectivity index (χ3n) is 4.02. The number of aliphatic carboxylic acids is 1. The summed E-state index contributed by atoms with van der Waals surface area (Å²) in [5.41, 5.74) is 1.04. The van der Waals surface area contributed by atoms with Crippen LogP contribution < -0.4 is 10.6 Å². The molecule has 152 valence electrons. The molecule has 0 aliphatic heterocycles. The Kier molecular flexibility index (Phi) is 8.15. The Morgan fingerprint density at radius 1 is 1.03 bits per heavy atom. The highest BCUT2D eigenvalue weighted by molar-refractivity contribution is 9.10. The molecule has 2 aromatic rings. The van der Waals surface area contributed by atoms with Gasteiger partial charge in [-0.1, -0.05) is 60.1 Å². The Bertz CT molecular complexity index is 893. The number of hydrogen-bond donors (Lipinski definition) is 3. The average molecular weight is 459 g/mol. The summed E-state index contributed by atoms with van der Waals surface area (Å²) < 4.78 is 0.824. The third kappa shape index (κ3) is 7.19. The highest BCUT2D eigenvalue weighted by Gasteiger charge is 2.24. The molecule has 2 aromatic carbocycles. The zero-order valence-corrected chi connectivity index (χ0v) is 17.8. The molecule has 0 heterocycles. The first kappa shape index (κ1) is 22.4. The molecule has 1 atom stereocenters. The maximum Gasteiger partial charge on any atom is 0.326 e. The van der Waals surface area contributed by atoms with Crippen LogP contribution in [0.15, 0.2) is 64.8 Å². The maximum absolute atomic E-state index is 12.8. The van der Waals surface area contributed by atoms with E-state index < -0.39 is 23.8 Å². The number of carbonyl (C=O) groups excluding carboxylic acids is 2. The van der Waals surface area contributed by atoms with Crippen molar-refractivity contribution in [2.75, 3.05) is 0 Å². The Morgan fingerprint density at radius 3 is 2.21 bits per heavy atom. The molecule has 6 nitrogen and oxygen atoms in total. The fourth-order valence-corrected chi connectivity index (χ4v) is 2.86. The van der Waals surface area contributed by atoms with E-state index in [1.807, 2.05) is 19.9 Å². The molecule has 29 heavy (non-hydrogen) atoms. The van der Waals surface area contributed by atoms with Gasteiger partial charge in [-0.3, -0.25) is 9.59 Å². The van der Waals surface area contributed by atoms with E-state index in [0.29, 0.717) is 11.1 Å². The number of carboxylic acid groups (broad SMARTS) is 1. The van der Waals surface area contributed by atoms with E-state index in [2.05, 4.69) is 26.6 Å². The lowest BCUT2D eigenvalue weighted by atomic mass is 10.0. The second kappa shape index (κ2) is 10.6. The lowest BCUT2D eigenvalue weighted by molar-refractivity contribution is -0.141. The predicted octanol–water partition coefficient (Wildman–Crippen LogP) is 3.84. The quantitative estimate of drug-likeness (QED) is 0.523. The molecule has 2 amide bonds. The largest absolute Gasteiger partial charge is 0.480 e. The second-order valence-electron chi connectivity index (χ2n) is 6.92. The van der Waals surface area contributed by atoms with Crippen LogP contribution in [0.4, 0.5) is 0 Å². The van der Waals surface area contributed by atoms with Crippen LogP contribution >= 0.6 is 15.9 Å². The van der Waals surface area contributed by atoms with Gasteiger partial charge in [0.15, 0.2) is 0 Å². The van der Waals surface area contributed by atoms with Gasteiger partial charge in [0.1, 0.15) is 11.7 Å². The number of carboxylic acids is 1. The molecule has 0 radical (unpaired) electrons. The van der Waals surface area contributed by atoms with Crippen molar-refractivity contribution in [3.8, 4) is 0 Å². The molecular formula is C22H23BrN2O4. The molecule has 0 aromatic heterocycles. The van der Waals surface area contributed by atoms with Gasteiger partial charge in [-0.2, -0.15) is 0 Å². The summed E-state index contributed by atoms with van der Waals surface area (Å²) in [5, 5.41) is 14.5. The zero-order valence-electron chi connectivity index (χ0n) is 16.2. The van der Waals surface area contributed by atoms with Gasteiger partial charge in [0.05, 0.1) is 0 Å². The molecule has 0 aliphatic carbocycles. The van der Waals surface area contributed by atoms with E-state index in [4.69, 9.17) is 0 Å². The van der Waals surface area contributed by atoms with Gasteiger partial charge >= 0.3 is 5.97 Å². The molecule has 2 rings (SSSR count). The van der Waals surface area contributed by atoms with Gasteiger partial charge in [-0.15, -0.1) is 0 Å². The molecule has 0 unspecified atom stereocenters. The van der Waals surface area contributed by atoms with E-state index in [-0.39, 0.29) is 18.0 Å². The first-order chi connectivity index (χ1) is 13.8. The SMILES string of the molecule is CC(C)C[C@@H](NC(=O)/C(=C\c1ccccc1)NC(=O)c1ccc(Br)cc1)C(=O)O. The summed E-state index contributed by atoms with van der Waals surface area (Å²) in [6.45, 7) is 3.75. The summed E-state index contributed by atoms with van der Waals surface area (Å²) in [6, 6.07) is 14.6. The predicted molar refractivity (Wildman–Crippen MR) is 115 cm³/mol. The minimum atomic E-state index is -1.12. The van der Waals surface area contributed by atoms with Crippen molar-refractivity contribution in [3.63, 3.8) is 0 Å². The van der Waals surface area contributed by atoms with Crippen LogP contribution in [-0.2, 0) is 9.59 Å². The minimum absolute atomic E-state index is 0.0286. The normalized spacial score (nSPS) is 12.3. The number of amides is 2. The van der Waals surface area contributed by atoms with E-state index in [1.165, 1.54) is 6.08 Å². The number of halogens is 1. The van der Waals surface area contributed by atoms with Crippen molar-refractivity contribution < 1.29 is 19.5 Å². The van der Waals surface area contributed by atoms with Crippen LogP contribution in [0.5, 0.6) is 0 Å². The molecular weight excluding hydrogens is 436 g/mol. The molecule has 0 saturated heterocycles. The second-order valence-corrected chi connectivity index (χ2v) is 7.84. The molecule has 3 N–H and O–H groups in total. The van der Waals surface area contributed by atoms with Gasteiger partial charge in [0.2, 0.25) is 0 Å². The van der Waals surface area contributed by atoms with Crippen molar-refractivity contribution in [1.29, 1.82) is 0 Å². The monoisotopic (exact) mass is 458 g/mol. The smallest absolute Gasteiger partial charge is 0.326 e. The zero-order chi connectivity index (χ0) is 21.4. The van der Waals surface area contributed by atoms with E-state index in [1.54, 1.807) is 48.5 Å². The van der Waals surface area contributed by atoms with Crippen molar-refractivity contribution >= 4 is 39.8 Å². The fraction of sp³-hybridized carbons (Fsp3) is 0.227. The Balaban J connectivity index is 2.28. The van der Waals surface area contributed by atoms with E-state index >= 15 is 0 Å². The van der Waals surface area contributed by atoms with Crippen molar-refractivity contribution in [2.24, 2.45) is 5.92 Å². The summed E-state index contributed by atoms with van der Waals surface area (Å²) >= 11 is 3.31. The first-order valence-corrected chi connectivity index (χ1v) is 9.93. The summed E-state index contributed by atoms with van der Waals surface area (Å²) in [4.78, 5) is 36.9. The third-order valence-corrected chi connectivity index (χ3v) is 4.55. The highest BCUT2D eigenvalue weighted by atomic mass is 79.9. The number of nitrogens with one attached hydrogen (secondary N) is 2. The van der Waals surface area contributed by atoms with Gasteiger partial charge in [-0.05, 0) is 48.2 Å². The summed E-state index contributed by atoms with van der Waals surface area (Å²) in [5.74, 6) is -2.17. The Labute approximate surface area is 178 Å². The fourth-order valence-electron chi connectivity index (χ4n) is 2.60. The number of rotatable bonds is 8. The average Bonchev–Trinajstić information content (AvgIpc) is 2.67. The number of hydrogen-bond acceptors (Lipinski definition) is 3. The maximum atomic E-state index is 12.8. The van der Waals surface area contributed by atoms with Crippen LogP contribution in [0.3, 0.4) is 0 Å². The van der Waals surface area contributed by atoms with Crippen LogP contribution in [-0.4, -0.2) is 28.9 Å². The number of benzene rings is 2. The van der Waals surface area contributed by atoms with Crippen molar-refractivity contribution in [3.05, 3.63) is 75.9 Å². The Hall–Kier alpha value is -2.93. The van der Waals surface area contributed by atoms with Gasteiger partial charge in [0.25, 0.3) is 11.8 Å². The van der Waals surface area contributed by atoms with Crippen LogP contribution in [0.2, 0.25) is 0 Å². The minimum Gasteiger partial charge on any atom is -0.480 e. The lowest BCUT2D eigenvalue weighted by Crippen LogP contribution is -2.45. The Morgan fingerprint density at radius 2 is 1.66 bits per heavy atom. The highest BCUT2D eigenvalue weighted by Crippen LogP contribution is 2.12. The summed E-state index contributed by atoms with van der Waals surface area (Å²) in [6.07, 6.45) is 1.79. The lowest BCUT2D eigenvalue weighted by Gasteiger charge is -2.18. The van der Waals surface area contributed by atoms with Crippen molar-refractivity contribution in [2.45, 2.75) is 26.3 Å². The van der Waals surface area contributed by atoms with E-state index in [0.717, 1.165) is 4.47 Å². The molecule has 0 saturated carbocycles. The van der Waals surface area contributed by atoms with Crippen molar-refractivity contribution in [1.82, 2.24) is 10.6 Å². The molecule has 0 spiro atoms. The molecule has 0 aliphatic rings. The van der Waals surface area contributed by atoms with Crippen LogP contribution in [0.1, 0.15) is 36.2 Å². The van der Waals surface area contributed by atoms with Crippen LogP contribution in [0, 0.1) is 5.92 Å². The van der Waals surface area contributed by atoms with Gasteiger partial charge < -0.3 is 15.7 Å². The van der Waals surface area contributed by atoms with Crippen LogP contribution in [0.25, 0.3) is 6.08 Å². The molecule has 7 heteroatoms. The molecule has 0 fully saturated rings. The first-order valence-electron chi connectivity index (χ1n) is 9.13. The number of carbonyl (C=O) groups is 3. The topological polar surface area (TPSA) is 95.5 Å². The van der Waals surface area contributed by atoms with E-state index in [9.17, 15) is 19.5 Å². The van der Waals surface area contributed by atoms with Gasteiger partial charge in [-0.25, -0.2) is 4.79 Å². The summed E-state index contributed by atoms with van der Waals surface area (Å²) in [7, 11) is 0. The molecule has 0 bridgehead atoms. The standard InChI is InChI=1S/C22H23BrN2O4/c1-14(2)12-19(22(28)29)25-21(27)18(13-15-6-4-3-5-7-15)24-20(26)16-8-10-17(23)11-9-16/h3-11,13-14,19H,12H2,1-2H3,(H,24,26)(H,25,27)(H,28,29)/b18-13+/t19-/m1/s1.